The minimum absolute atomic E-state index is 0.0637. The highest BCUT2D eigenvalue weighted by Crippen LogP contribution is 2.06. The highest BCUT2D eigenvalue weighted by atomic mass is 127. The van der Waals surface area contributed by atoms with Crippen LogP contribution in [0.5, 0.6) is 0 Å². The summed E-state index contributed by atoms with van der Waals surface area (Å²) in [5.41, 5.74) is 0. The standard InChI is InChI=1S/C5H10INO3S/c1-3(2)4(5(8)9)7-11(6)10/h3-4,7H,1-2H3,(H,8,9)/t4-,11?/m0/s1. The van der Waals surface area contributed by atoms with Gasteiger partial charge < -0.3 is 9.66 Å². The van der Waals surface area contributed by atoms with Gasteiger partial charge in [-0.2, -0.15) is 0 Å². The van der Waals surface area contributed by atoms with Crippen LogP contribution in [-0.4, -0.2) is 21.7 Å². The second kappa shape index (κ2) is 5.18. The lowest BCUT2D eigenvalue weighted by Crippen LogP contribution is -2.42. The Bertz CT molecular complexity index is 142. The van der Waals surface area contributed by atoms with E-state index in [1.165, 1.54) is 0 Å². The SMILES string of the molecule is CC(C)[C@H](N[S+]([O-])I)C(=O)O. The van der Waals surface area contributed by atoms with E-state index in [1.54, 1.807) is 35.1 Å². The second-order valence-corrected chi connectivity index (χ2v) is 5.48. The van der Waals surface area contributed by atoms with E-state index < -0.39 is 20.5 Å². The summed E-state index contributed by atoms with van der Waals surface area (Å²) in [6.07, 6.45) is 0. The molecule has 0 bridgehead atoms. The number of aliphatic carboxylic acids is 1. The Hall–Kier alpha value is 0.470. The lowest BCUT2D eigenvalue weighted by atomic mass is 10.1. The molecule has 0 saturated carbocycles. The molecule has 0 fully saturated rings. The van der Waals surface area contributed by atoms with E-state index in [0.717, 1.165) is 0 Å². The third kappa shape index (κ3) is 4.83. The van der Waals surface area contributed by atoms with E-state index in [0.29, 0.717) is 0 Å². The Morgan fingerprint density at radius 2 is 2.18 bits per heavy atom. The monoisotopic (exact) mass is 291 g/mol. The van der Waals surface area contributed by atoms with Gasteiger partial charge in [-0.15, -0.1) is 4.72 Å². The summed E-state index contributed by atoms with van der Waals surface area (Å²) in [5.74, 6) is -1.03. The molecule has 0 aliphatic carbocycles. The number of hydrogen-bond donors (Lipinski definition) is 2. The molecule has 0 rings (SSSR count). The molecule has 0 aromatic rings. The number of halogens is 1. The first-order valence-electron chi connectivity index (χ1n) is 3.02. The van der Waals surface area contributed by atoms with Crippen molar-refractivity contribution in [3.8, 4) is 0 Å². The van der Waals surface area contributed by atoms with Gasteiger partial charge in [0, 0.05) is 0 Å². The summed E-state index contributed by atoms with van der Waals surface area (Å²) >= 11 is 1.62. The minimum atomic E-state index is -1.30. The maximum atomic E-state index is 10.6. The fraction of sp³-hybridized carbons (Fsp3) is 0.800. The molecular formula is C5H10INO3S. The smallest absolute Gasteiger partial charge is 0.325 e. The summed E-state index contributed by atoms with van der Waals surface area (Å²) in [6.45, 7) is 3.52. The van der Waals surface area contributed by atoms with Crippen molar-refractivity contribution in [2.45, 2.75) is 19.9 Å². The van der Waals surface area contributed by atoms with Crippen molar-refractivity contribution < 1.29 is 14.5 Å². The number of rotatable bonds is 4. The number of carboxylic acid groups (broad SMARTS) is 1. The van der Waals surface area contributed by atoms with Crippen molar-refractivity contribution in [1.82, 2.24) is 4.72 Å². The molecule has 4 nitrogen and oxygen atoms in total. The molecular weight excluding hydrogens is 281 g/mol. The second-order valence-electron chi connectivity index (χ2n) is 2.40. The van der Waals surface area contributed by atoms with Crippen molar-refractivity contribution in [1.29, 1.82) is 0 Å². The van der Waals surface area contributed by atoms with Crippen LogP contribution >= 0.6 is 21.2 Å². The van der Waals surface area contributed by atoms with Gasteiger partial charge in [0.25, 0.3) is 21.2 Å². The summed E-state index contributed by atoms with van der Waals surface area (Å²) in [6, 6.07) is -0.729. The fourth-order valence-corrected chi connectivity index (χ4v) is 1.97. The lowest BCUT2D eigenvalue weighted by Gasteiger charge is -2.15. The zero-order valence-corrected chi connectivity index (χ0v) is 9.18. The summed E-state index contributed by atoms with van der Waals surface area (Å²) in [5, 5.41) is 8.59. The van der Waals surface area contributed by atoms with Crippen LogP contribution in [0.1, 0.15) is 13.8 Å². The number of hydrogen-bond acceptors (Lipinski definition) is 3. The molecule has 1 unspecified atom stereocenters. The van der Waals surface area contributed by atoms with Crippen LogP contribution < -0.4 is 4.72 Å². The van der Waals surface area contributed by atoms with Crippen molar-refractivity contribution >= 4 is 35.7 Å². The number of carboxylic acids is 1. The maximum Gasteiger partial charge on any atom is 0.325 e. The van der Waals surface area contributed by atoms with E-state index in [9.17, 15) is 9.35 Å². The van der Waals surface area contributed by atoms with Crippen molar-refractivity contribution in [3.05, 3.63) is 0 Å². The molecule has 6 heteroatoms. The minimum Gasteiger partial charge on any atom is -0.590 e. The maximum absolute atomic E-state index is 10.6. The van der Waals surface area contributed by atoms with Gasteiger partial charge in [-0.05, 0) is 5.92 Å². The molecule has 0 amide bonds. The Morgan fingerprint density at radius 1 is 1.73 bits per heavy atom. The van der Waals surface area contributed by atoms with E-state index in [-0.39, 0.29) is 5.92 Å². The molecule has 11 heavy (non-hydrogen) atoms. The predicted molar refractivity (Wildman–Crippen MR) is 51.6 cm³/mol. The van der Waals surface area contributed by atoms with Gasteiger partial charge in [-0.3, -0.25) is 4.79 Å². The van der Waals surface area contributed by atoms with E-state index >= 15 is 0 Å². The molecule has 0 radical (unpaired) electrons. The van der Waals surface area contributed by atoms with Crippen molar-refractivity contribution in [2.75, 3.05) is 0 Å². The van der Waals surface area contributed by atoms with Crippen LogP contribution in [0, 0.1) is 5.92 Å². The number of carbonyl (C=O) groups is 1. The first-order valence-corrected chi connectivity index (χ1v) is 6.71. The predicted octanol–water partition coefficient (Wildman–Crippen LogP) is 0.699. The zero-order chi connectivity index (χ0) is 9.02. The van der Waals surface area contributed by atoms with Gasteiger partial charge in [0.05, 0.1) is 0 Å². The Balaban J connectivity index is 4.01. The fourth-order valence-electron chi connectivity index (χ4n) is 0.571. The summed E-state index contributed by atoms with van der Waals surface area (Å²) in [7, 11) is -1.30. The number of nitrogens with one attached hydrogen (secondary N) is 1. The molecule has 66 valence electrons. The molecule has 2 N–H and O–H groups in total. The van der Waals surface area contributed by atoms with E-state index in [2.05, 4.69) is 4.72 Å². The topological polar surface area (TPSA) is 72.4 Å². The Labute approximate surface area is 80.6 Å². The normalized spacial score (nSPS) is 16.5. The Kier molecular flexibility index (Phi) is 5.40. The highest BCUT2D eigenvalue weighted by Gasteiger charge is 2.25. The van der Waals surface area contributed by atoms with Crippen LogP contribution in [0.15, 0.2) is 0 Å². The van der Waals surface area contributed by atoms with Gasteiger partial charge in [-0.25, -0.2) is 0 Å². The largest absolute Gasteiger partial charge is 0.590 e. The molecule has 0 aliphatic rings. The third-order valence-corrected chi connectivity index (χ3v) is 2.35. The summed E-state index contributed by atoms with van der Waals surface area (Å²) in [4.78, 5) is 10.5. The Morgan fingerprint density at radius 3 is 2.27 bits per heavy atom. The van der Waals surface area contributed by atoms with Gasteiger partial charge in [0.1, 0.15) is 8.53 Å². The van der Waals surface area contributed by atoms with Crippen LogP contribution in [0.3, 0.4) is 0 Å². The molecule has 0 spiro atoms. The van der Waals surface area contributed by atoms with Crippen LogP contribution in [0.4, 0.5) is 0 Å². The van der Waals surface area contributed by atoms with Gasteiger partial charge in [0.2, 0.25) is 0 Å². The zero-order valence-electron chi connectivity index (χ0n) is 6.20. The lowest BCUT2D eigenvalue weighted by molar-refractivity contribution is -0.140. The van der Waals surface area contributed by atoms with Gasteiger partial charge >= 0.3 is 5.97 Å². The van der Waals surface area contributed by atoms with E-state index in [1.807, 2.05) is 0 Å². The van der Waals surface area contributed by atoms with Crippen molar-refractivity contribution in [3.63, 3.8) is 0 Å². The molecule has 0 saturated heterocycles. The van der Waals surface area contributed by atoms with Crippen LogP contribution in [0.2, 0.25) is 0 Å². The highest BCUT2D eigenvalue weighted by molar-refractivity contribution is 14.2. The average Bonchev–Trinajstić information content (AvgIpc) is 1.81. The first-order chi connectivity index (χ1) is 4.95. The third-order valence-electron chi connectivity index (χ3n) is 1.15. The first kappa shape index (κ1) is 11.5. The quantitative estimate of drug-likeness (QED) is 0.591. The van der Waals surface area contributed by atoms with Gasteiger partial charge in [-0.1, -0.05) is 13.8 Å². The van der Waals surface area contributed by atoms with Crippen LogP contribution in [-0.2, 0) is 13.3 Å². The molecule has 0 aliphatic heterocycles. The molecule has 0 aromatic carbocycles. The van der Waals surface area contributed by atoms with Gasteiger partial charge in [0.15, 0.2) is 6.04 Å². The van der Waals surface area contributed by atoms with Crippen LogP contribution in [0.25, 0.3) is 0 Å². The summed E-state index contributed by atoms with van der Waals surface area (Å²) < 4.78 is 13.0. The molecule has 0 aromatic heterocycles. The van der Waals surface area contributed by atoms with E-state index in [4.69, 9.17) is 5.11 Å². The van der Waals surface area contributed by atoms with Crippen molar-refractivity contribution in [2.24, 2.45) is 5.92 Å². The molecule has 0 heterocycles. The average molecular weight is 291 g/mol. The molecule has 2 atom stereocenters.